The van der Waals surface area contributed by atoms with Gasteiger partial charge in [0.1, 0.15) is 25.4 Å². The first-order chi connectivity index (χ1) is 22.8. The van der Waals surface area contributed by atoms with Crippen molar-refractivity contribution < 1.29 is 33.4 Å². The Balaban J connectivity index is 4.70. The fraction of sp³-hybridized carbons (Fsp3) is 0.889. The Morgan fingerprint density at radius 3 is 1.04 bits per heavy atom. The minimum absolute atomic E-state index is 0.104. The SMILES string of the molecule is CCCCCCCCCCCCCCCCCCCC(=O)NC(COC(=O)CCCN)(COC(=O)CCCN)COC(=O)CCCN. The Labute approximate surface area is 285 Å². The first kappa shape index (κ1) is 44.8. The largest absolute Gasteiger partial charge is 0.463 e. The molecular weight excluding hydrogens is 600 g/mol. The van der Waals surface area contributed by atoms with Crippen LogP contribution >= 0.6 is 0 Å². The van der Waals surface area contributed by atoms with Crippen LogP contribution in [0.1, 0.15) is 161 Å². The average molecular weight is 671 g/mol. The van der Waals surface area contributed by atoms with Gasteiger partial charge in [0.05, 0.1) is 0 Å². The minimum Gasteiger partial charge on any atom is -0.463 e. The van der Waals surface area contributed by atoms with E-state index in [4.69, 9.17) is 31.4 Å². The molecule has 0 aliphatic rings. The fourth-order valence-electron chi connectivity index (χ4n) is 5.21. The van der Waals surface area contributed by atoms with E-state index in [2.05, 4.69) is 12.2 Å². The summed E-state index contributed by atoms with van der Waals surface area (Å²) in [6.45, 7) is 2.27. The number of hydrogen-bond donors (Lipinski definition) is 4. The predicted molar refractivity (Wildman–Crippen MR) is 187 cm³/mol. The Morgan fingerprint density at radius 1 is 0.447 bits per heavy atom. The van der Waals surface area contributed by atoms with E-state index < -0.39 is 23.4 Å². The number of rotatable bonds is 34. The van der Waals surface area contributed by atoms with Crippen LogP contribution in [0.3, 0.4) is 0 Å². The number of ether oxygens (including phenoxy) is 3. The topological polar surface area (TPSA) is 186 Å². The quantitative estimate of drug-likeness (QED) is 0.0374. The van der Waals surface area contributed by atoms with E-state index in [9.17, 15) is 19.2 Å². The summed E-state index contributed by atoms with van der Waals surface area (Å²) in [5, 5.41) is 2.87. The third kappa shape index (κ3) is 28.5. The normalized spacial score (nSPS) is 11.3. The molecule has 0 aromatic rings. The number of carbonyl (C=O) groups is 4. The minimum atomic E-state index is -1.43. The molecular formula is C36H70N4O7. The van der Waals surface area contributed by atoms with E-state index in [0.717, 1.165) is 19.3 Å². The number of nitrogens with one attached hydrogen (secondary N) is 1. The molecule has 0 saturated heterocycles. The number of amides is 1. The van der Waals surface area contributed by atoms with Gasteiger partial charge in [-0.15, -0.1) is 0 Å². The van der Waals surface area contributed by atoms with Crippen LogP contribution in [0.15, 0.2) is 0 Å². The molecule has 0 aromatic heterocycles. The van der Waals surface area contributed by atoms with Crippen LogP contribution in [0.2, 0.25) is 0 Å². The molecule has 0 radical (unpaired) electrons. The lowest BCUT2D eigenvalue weighted by Gasteiger charge is -2.33. The molecule has 0 spiro atoms. The molecule has 1 amide bonds. The van der Waals surface area contributed by atoms with Crippen LogP contribution in [-0.4, -0.2) is 68.8 Å². The maximum atomic E-state index is 13.1. The van der Waals surface area contributed by atoms with Gasteiger partial charge >= 0.3 is 17.9 Å². The molecule has 0 aliphatic heterocycles. The molecule has 276 valence electrons. The highest BCUT2D eigenvalue weighted by Crippen LogP contribution is 2.16. The molecule has 0 aliphatic carbocycles. The lowest BCUT2D eigenvalue weighted by atomic mass is 10.0. The highest BCUT2D eigenvalue weighted by Gasteiger charge is 2.37. The standard InChI is InChI=1S/C36H70N4O7/c1-2-3-4-5-6-7-8-9-10-11-12-13-14-15-16-17-18-22-32(41)40-36(29-45-33(42)23-19-26-37,30-46-34(43)24-20-27-38)31-47-35(44)25-21-28-39/h2-31,37-39H2,1H3,(H,40,41). The molecule has 0 atom stereocenters. The van der Waals surface area contributed by atoms with Gasteiger partial charge < -0.3 is 36.7 Å². The molecule has 0 bridgehead atoms. The molecule has 47 heavy (non-hydrogen) atoms. The monoisotopic (exact) mass is 671 g/mol. The van der Waals surface area contributed by atoms with E-state index in [0.29, 0.717) is 45.3 Å². The molecule has 0 rings (SSSR count). The van der Waals surface area contributed by atoms with E-state index in [-0.39, 0.29) is 51.4 Å². The van der Waals surface area contributed by atoms with E-state index >= 15 is 0 Å². The molecule has 0 fully saturated rings. The van der Waals surface area contributed by atoms with E-state index in [1.54, 1.807) is 0 Å². The average Bonchev–Trinajstić information content (AvgIpc) is 3.07. The van der Waals surface area contributed by atoms with Crippen LogP contribution in [0.25, 0.3) is 0 Å². The van der Waals surface area contributed by atoms with Crippen LogP contribution < -0.4 is 22.5 Å². The summed E-state index contributed by atoms with van der Waals surface area (Å²) in [5.74, 6) is -1.82. The molecule has 0 aromatic carbocycles. The molecule has 11 heteroatoms. The smallest absolute Gasteiger partial charge is 0.305 e. The van der Waals surface area contributed by atoms with Crippen LogP contribution in [0.4, 0.5) is 0 Å². The van der Waals surface area contributed by atoms with E-state index in [1.165, 1.54) is 83.5 Å². The highest BCUT2D eigenvalue weighted by atomic mass is 16.6. The second kappa shape index (κ2) is 32.3. The van der Waals surface area contributed by atoms with Gasteiger partial charge in [-0.05, 0) is 45.3 Å². The fourth-order valence-corrected chi connectivity index (χ4v) is 5.21. The summed E-state index contributed by atoms with van der Waals surface area (Å²) in [5.41, 5.74) is 15.1. The zero-order valence-corrected chi connectivity index (χ0v) is 29.8. The van der Waals surface area contributed by atoms with Crippen LogP contribution in [-0.2, 0) is 33.4 Å². The van der Waals surface area contributed by atoms with Gasteiger partial charge in [0.2, 0.25) is 5.91 Å². The van der Waals surface area contributed by atoms with Crippen molar-refractivity contribution in [3.05, 3.63) is 0 Å². The number of unbranched alkanes of at least 4 members (excludes halogenated alkanes) is 16. The second-order valence-corrected chi connectivity index (χ2v) is 12.9. The summed E-state index contributed by atoms with van der Waals surface area (Å²) in [6.07, 6.45) is 23.2. The zero-order valence-electron chi connectivity index (χ0n) is 29.8. The molecule has 11 nitrogen and oxygen atoms in total. The lowest BCUT2D eigenvalue weighted by molar-refractivity contribution is -0.159. The summed E-state index contributed by atoms with van der Waals surface area (Å²) >= 11 is 0. The number of esters is 3. The van der Waals surface area contributed by atoms with Gasteiger partial charge in [0.25, 0.3) is 0 Å². The summed E-state index contributed by atoms with van der Waals surface area (Å²) in [7, 11) is 0. The molecule has 7 N–H and O–H groups in total. The van der Waals surface area contributed by atoms with Crippen molar-refractivity contribution in [1.82, 2.24) is 5.32 Å². The maximum Gasteiger partial charge on any atom is 0.305 e. The van der Waals surface area contributed by atoms with Gasteiger partial charge in [-0.25, -0.2) is 0 Å². The Bertz CT molecular complexity index is 737. The van der Waals surface area contributed by atoms with Crippen molar-refractivity contribution in [3.8, 4) is 0 Å². The number of hydrogen-bond acceptors (Lipinski definition) is 10. The van der Waals surface area contributed by atoms with Crippen molar-refractivity contribution in [3.63, 3.8) is 0 Å². The van der Waals surface area contributed by atoms with Crippen molar-refractivity contribution in [2.75, 3.05) is 39.5 Å². The molecule has 0 unspecified atom stereocenters. The van der Waals surface area contributed by atoms with Crippen LogP contribution in [0, 0.1) is 0 Å². The van der Waals surface area contributed by atoms with Gasteiger partial charge in [0, 0.05) is 25.7 Å². The second-order valence-electron chi connectivity index (χ2n) is 12.9. The molecule has 0 heterocycles. The predicted octanol–water partition coefficient (Wildman–Crippen LogP) is 5.73. The first-order valence-corrected chi connectivity index (χ1v) is 18.7. The zero-order chi connectivity index (χ0) is 34.9. The van der Waals surface area contributed by atoms with Gasteiger partial charge in [-0.1, -0.05) is 110 Å². The summed E-state index contributed by atoms with van der Waals surface area (Å²) in [4.78, 5) is 50.0. The van der Waals surface area contributed by atoms with Crippen molar-refractivity contribution in [2.45, 2.75) is 167 Å². The molecule has 0 saturated carbocycles. The van der Waals surface area contributed by atoms with Crippen molar-refractivity contribution >= 4 is 23.8 Å². The van der Waals surface area contributed by atoms with E-state index in [1.807, 2.05) is 0 Å². The van der Waals surface area contributed by atoms with Crippen LogP contribution in [0.5, 0.6) is 0 Å². The number of carbonyl (C=O) groups excluding carboxylic acids is 4. The van der Waals surface area contributed by atoms with Gasteiger partial charge in [-0.3, -0.25) is 19.2 Å². The first-order valence-electron chi connectivity index (χ1n) is 18.7. The maximum absolute atomic E-state index is 13.1. The van der Waals surface area contributed by atoms with Crippen molar-refractivity contribution in [1.29, 1.82) is 0 Å². The Kier molecular flexibility index (Phi) is 30.8. The van der Waals surface area contributed by atoms with Crippen molar-refractivity contribution in [2.24, 2.45) is 17.2 Å². The Morgan fingerprint density at radius 2 is 0.745 bits per heavy atom. The van der Waals surface area contributed by atoms with Gasteiger partial charge in [0.15, 0.2) is 0 Å². The van der Waals surface area contributed by atoms with Gasteiger partial charge in [-0.2, -0.15) is 0 Å². The number of nitrogens with two attached hydrogens (primary N) is 3. The summed E-state index contributed by atoms with van der Waals surface area (Å²) < 4.78 is 16.3. The third-order valence-electron chi connectivity index (χ3n) is 8.20. The summed E-state index contributed by atoms with van der Waals surface area (Å²) in [6, 6.07) is 0. The highest BCUT2D eigenvalue weighted by molar-refractivity contribution is 5.77. The lowest BCUT2D eigenvalue weighted by Crippen LogP contribution is -2.59. The Hall–Kier alpha value is -2.24. The third-order valence-corrected chi connectivity index (χ3v) is 8.20.